The summed E-state index contributed by atoms with van der Waals surface area (Å²) in [5.74, 6) is 1.78. The molecule has 0 amide bonds. The summed E-state index contributed by atoms with van der Waals surface area (Å²) in [5, 5.41) is 4.16. The molecule has 0 atom stereocenters. The first-order chi connectivity index (χ1) is 14.7. The summed E-state index contributed by atoms with van der Waals surface area (Å²) in [6.07, 6.45) is 4.66. The van der Waals surface area contributed by atoms with Crippen LogP contribution in [0.3, 0.4) is 0 Å². The van der Waals surface area contributed by atoms with Gasteiger partial charge in [0.25, 0.3) is 0 Å². The number of hydrogen-bond donors (Lipinski definition) is 1. The van der Waals surface area contributed by atoms with E-state index in [4.69, 9.17) is 16.6 Å². The molecule has 7 nitrogen and oxygen atoms in total. The Kier molecular flexibility index (Phi) is 8.71. The van der Waals surface area contributed by atoms with Gasteiger partial charge < -0.3 is 15.1 Å². The van der Waals surface area contributed by atoms with Crippen molar-refractivity contribution in [1.82, 2.24) is 25.1 Å². The lowest BCUT2D eigenvalue weighted by Gasteiger charge is -2.34. The Balaban J connectivity index is 1.41. The molecule has 1 fully saturated rings. The number of piperazine rings is 1. The van der Waals surface area contributed by atoms with Crippen LogP contribution in [0.25, 0.3) is 0 Å². The van der Waals surface area contributed by atoms with Crippen LogP contribution in [-0.4, -0.2) is 78.6 Å². The molecule has 0 unspecified atom stereocenters. The number of hydrogen-bond acceptors (Lipinski definition) is 5. The Morgan fingerprint density at radius 2 is 1.83 bits per heavy atom. The minimum Gasteiger partial charge on any atom is -0.357 e. The van der Waals surface area contributed by atoms with E-state index in [1.807, 2.05) is 18.2 Å². The van der Waals surface area contributed by atoms with Crippen LogP contribution in [0, 0.1) is 0 Å². The van der Waals surface area contributed by atoms with E-state index in [1.165, 1.54) is 5.56 Å². The molecular formula is C22H32ClN7. The molecule has 1 aliphatic heterocycles. The van der Waals surface area contributed by atoms with E-state index >= 15 is 0 Å². The lowest BCUT2D eigenvalue weighted by atomic mass is 10.2. The third-order valence-electron chi connectivity index (χ3n) is 5.13. The Bertz CT molecular complexity index is 774. The summed E-state index contributed by atoms with van der Waals surface area (Å²) >= 11 is 5.99. The summed E-state index contributed by atoms with van der Waals surface area (Å²) < 4.78 is 0. The molecule has 0 spiro atoms. The number of rotatable bonds is 8. The molecule has 0 radical (unpaired) electrons. The van der Waals surface area contributed by atoms with E-state index in [2.05, 4.69) is 56.1 Å². The van der Waals surface area contributed by atoms with Crippen molar-refractivity contribution in [2.24, 2.45) is 4.99 Å². The highest BCUT2D eigenvalue weighted by Gasteiger charge is 2.18. The number of aliphatic imine (C=N–C) groups is 1. The van der Waals surface area contributed by atoms with Gasteiger partial charge in [0.1, 0.15) is 0 Å². The van der Waals surface area contributed by atoms with Crippen LogP contribution in [0.4, 0.5) is 5.95 Å². The Labute approximate surface area is 184 Å². The largest absolute Gasteiger partial charge is 0.357 e. The van der Waals surface area contributed by atoms with Crippen molar-refractivity contribution in [3.05, 3.63) is 53.3 Å². The minimum atomic E-state index is 0.763. The van der Waals surface area contributed by atoms with Crippen molar-refractivity contribution >= 4 is 23.5 Å². The average Bonchev–Trinajstić information content (AvgIpc) is 2.78. The van der Waals surface area contributed by atoms with Gasteiger partial charge in [0.2, 0.25) is 5.95 Å². The van der Waals surface area contributed by atoms with Gasteiger partial charge in [0.15, 0.2) is 5.96 Å². The highest BCUT2D eigenvalue weighted by Crippen LogP contribution is 2.12. The van der Waals surface area contributed by atoms with Crippen molar-refractivity contribution in [3.63, 3.8) is 0 Å². The van der Waals surface area contributed by atoms with Crippen molar-refractivity contribution < 1.29 is 0 Å². The number of nitrogens with one attached hydrogen (secondary N) is 1. The van der Waals surface area contributed by atoms with E-state index < -0.39 is 0 Å². The molecule has 8 heteroatoms. The third kappa shape index (κ3) is 6.85. The summed E-state index contributed by atoms with van der Waals surface area (Å²) in [7, 11) is 2.07. The molecule has 0 bridgehead atoms. The Morgan fingerprint density at radius 1 is 1.13 bits per heavy atom. The van der Waals surface area contributed by atoms with Gasteiger partial charge >= 0.3 is 0 Å². The zero-order valence-corrected chi connectivity index (χ0v) is 18.7. The summed E-state index contributed by atoms with van der Waals surface area (Å²) in [6, 6.07) is 9.83. The second kappa shape index (κ2) is 11.7. The van der Waals surface area contributed by atoms with Crippen molar-refractivity contribution in [3.8, 4) is 0 Å². The number of anilines is 1. The van der Waals surface area contributed by atoms with Gasteiger partial charge in [-0.3, -0.25) is 9.89 Å². The van der Waals surface area contributed by atoms with Crippen LogP contribution < -0.4 is 10.2 Å². The molecular weight excluding hydrogens is 398 g/mol. The second-order valence-corrected chi connectivity index (χ2v) is 7.89. The third-order valence-corrected chi connectivity index (χ3v) is 5.38. The topological polar surface area (TPSA) is 59.9 Å². The standard InChI is InChI=1S/C22H32ClN7/c1-3-24-21(28(2)18-19-6-8-20(23)9-7-19)25-12-5-13-29-14-16-30(17-15-29)22-26-10-4-11-27-22/h4,6-11H,3,5,12-18H2,1-2H3,(H,24,25). The molecule has 162 valence electrons. The Morgan fingerprint density at radius 3 is 2.50 bits per heavy atom. The van der Waals surface area contributed by atoms with Gasteiger partial charge in [-0.15, -0.1) is 0 Å². The fraction of sp³-hybridized carbons (Fsp3) is 0.500. The van der Waals surface area contributed by atoms with E-state index in [1.54, 1.807) is 12.4 Å². The summed E-state index contributed by atoms with van der Waals surface area (Å²) in [6.45, 7) is 9.65. The predicted molar refractivity (Wildman–Crippen MR) is 124 cm³/mol. The lowest BCUT2D eigenvalue weighted by molar-refractivity contribution is 0.255. The monoisotopic (exact) mass is 429 g/mol. The molecule has 3 rings (SSSR count). The smallest absolute Gasteiger partial charge is 0.225 e. The van der Waals surface area contributed by atoms with E-state index in [0.29, 0.717) is 0 Å². The number of halogens is 1. The molecule has 2 heterocycles. The Hall–Kier alpha value is -2.38. The van der Waals surface area contributed by atoms with E-state index in [9.17, 15) is 0 Å². The van der Waals surface area contributed by atoms with Crippen molar-refractivity contribution in [2.75, 3.05) is 57.8 Å². The highest BCUT2D eigenvalue weighted by atomic mass is 35.5. The minimum absolute atomic E-state index is 0.763. The number of aromatic nitrogens is 2. The van der Waals surface area contributed by atoms with Gasteiger partial charge in [-0.2, -0.15) is 0 Å². The molecule has 1 N–H and O–H groups in total. The predicted octanol–water partition coefficient (Wildman–Crippen LogP) is 2.74. The quantitative estimate of drug-likeness (QED) is 0.395. The van der Waals surface area contributed by atoms with Crippen LogP contribution >= 0.6 is 11.6 Å². The lowest BCUT2D eigenvalue weighted by Crippen LogP contribution is -2.47. The van der Waals surface area contributed by atoms with E-state index in [-0.39, 0.29) is 0 Å². The fourth-order valence-electron chi connectivity index (χ4n) is 3.51. The maximum absolute atomic E-state index is 5.99. The molecule has 1 aliphatic rings. The van der Waals surface area contributed by atoms with Crippen LogP contribution in [0.1, 0.15) is 18.9 Å². The molecule has 2 aromatic rings. The van der Waals surface area contributed by atoms with Gasteiger partial charge in [0, 0.05) is 76.8 Å². The first kappa shape index (κ1) is 22.3. The van der Waals surface area contributed by atoms with Gasteiger partial charge in [-0.05, 0) is 37.1 Å². The fourth-order valence-corrected chi connectivity index (χ4v) is 3.64. The summed E-state index contributed by atoms with van der Waals surface area (Å²) in [5.41, 5.74) is 1.22. The first-order valence-corrected chi connectivity index (χ1v) is 11.0. The summed E-state index contributed by atoms with van der Waals surface area (Å²) in [4.78, 5) is 20.4. The van der Waals surface area contributed by atoms with Crippen LogP contribution in [0.2, 0.25) is 5.02 Å². The maximum Gasteiger partial charge on any atom is 0.225 e. The van der Waals surface area contributed by atoms with Crippen LogP contribution in [-0.2, 0) is 6.54 Å². The second-order valence-electron chi connectivity index (χ2n) is 7.45. The molecule has 0 aliphatic carbocycles. The molecule has 1 aromatic carbocycles. The van der Waals surface area contributed by atoms with Crippen LogP contribution in [0.5, 0.6) is 0 Å². The molecule has 0 saturated carbocycles. The van der Waals surface area contributed by atoms with Gasteiger partial charge in [0.05, 0.1) is 0 Å². The molecule has 30 heavy (non-hydrogen) atoms. The van der Waals surface area contributed by atoms with Crippen molar-refractivity contribution in [2.45, 2.75) is 19.9 Å². The molecule has 1 aromatic heterocycles. The zero-order chi connectivity index (χ0) is 21.2. The first-order valence-electron chi connectivity index (χ1n) is 10.6. The SMILES string of the molecule is CCNC(=NCCCN1CCN(c2ncccn2)CC1)N(C)Cc1ccc(Cl)cc1. The van der Waals surface area contributed by atoms with Crippen molar-refractivity contribution in [1.29, 1.82) is 0 Å². The number of benzene rings is 1. The van der Waals surface area contributed by atoms with E-state index in [0.717, 1.165) is 75.7 Å². The number of guanidine groups is 1. The normalized spacial score (nSPS) is 15.3. The highest BCUT2D eigenvalue weighted by molar-refractivity contribution is 6.30. The van der Waals surface area contributed by atoms with Gasteiger partial charge in [-0.25, -0.2) is 9.97 Å². The average molecular weight is 430 g/mol. The maximum atomic E-state index is 5.99. The van der Waals surface area contributed by atoms with Crippen LogP contribution in [0.15, 0.2) is 47.7 Å². The van der Waals surface area contributed by atoms with Gasteiger partial charge in [-0.1, -0.05) is 23.7 Å². The molecule has 1 saturated heterocycles. The zero-order valence-electron chi connectivity index (χ0n) is 18.0. The number of nitrogens with zero attached hydrogens (tertiary/aromatic N) is 6.